The maximum atomic E-state index is 13.4. The third-order valence-corrected chi connectivity index (χ3v) is 5.46. The van der Waals surface area contributed by atoms with E-state index in [1.165, 1.54) is 0 Å². The molecule has 12 heteroatoms. The van der Waals surface area contributed by atoms with E-state index in [-0.39, 0.29) is 30.0 Å². The summed E-state index contributed by atoms with van der Waals surface area (Å²) in [6.45, 7) is 3.16. The van der Waals surface area contributed by atoms with Gasteiger partial charge in [0.15, 0.2) is 11.2 Å². The molecule has 1 aliphatic heterocycles. The van der Waals surface area contributed by atoms with E-state index in [1.807, 2.05) is 18.2 Å². The van der Waals surface area contributed by atoms with E-state index in [0.717, 1.165) is 30.8 Å². The highest BCUT2D eigenvalue weighted by Gasteiger charge is 2.20. The Balaban J connectivity index is 1.59. The molecule has 0 spiro atoms. The molecule has 0 radical (unpaired) electrons. The number of hydrogen-bond acceptors (Lipinski definition) is 9. The van der Waals surface area contributed by atoms with Gasteiger partial charge in [0.05, 0.1) is 13.2 Å². The number of imidazole rings is 1. The number of alkyl halides is 1. The minimum Gasteiger partial charge on any atom is -0.480 e. The van der Waals surface area contributed by atoms with Crippen LogP contribution in [-0.4, -0.2) is 69.1 Å². The van der Waals surface area contributed by atoms with Crippen molar-refractivity contribution in [2.75, 3.05) is 33.4 Å². The van der Waals surface area contributed by atoms with E-state index < -0.39 is 6.17 Å². The van der Waals surface area contributed by atoms with Crippen LogP contribution in [0.4, 0.5) is 10.2 Å². The van der Waals surface area contributed by atoms with Gasteiger partial charge in [-0.15, -0.1) is 5.11 Å². The Bertz CT molecular complexity index is 1110. The lowest BCUT2D eigenvalue weighted by Gasteiger charge is -2.28. The second kappa shape index (κ2) is 10.5. The average molecular weight is 458 g/mol. The van der Waals surface area contributed by atoms with E-state index in [1.54, 1.807) is 11.7 Å². The Kier molecular flexibility index (Phi) is 7.25. The molecular formula is C21H27FN8O3. The van der Waals surface area contributed by atoms with Crippen LogP contribution in [0, 0.1) is 0 Å². The summed E-state index contributed by atoms with van der Waals surface area (Å²) in [5.74, 6) is 5.30. The molecule has 33 heavy (non-hydrogen) atoms. The van der Waals surface area contributed by atoms with Gasteiger partial charge in [-0.25, -0.2) is 4.39 Å². The lowest BCUT2D eigenvalue weighted by atomic mass is 10.1. The Morgan fingerprint density at radius 2 is 1.91 bits per heavy atom. The summed E-state index contributed by atoms with van der Waals surface area (Å²) in [4.78, 5) is 15.0. The van der Waals surface area contributed by atoms with Crippen molar-refractivity contribution in [3.05, 3.63) is 35.4 Å². The Morgan fingerprint density at radius 1 is 1.15 bits per heavy atom. The van der Waals surface area contributed by atoms with Crippen molar-refractivity contribution in [3.8, 4) is 12.0 Å². The van der Waals surface area contributed by atoms with Gasteiger partial charge < -0.3 is 20.4 Å². The topological polar surface area (TPSA) is 136 Å². The van der Waals surface area contributed by atoms with E-state index in [0.29, 0.717) is 31.6 Å². The fourth-order valence-electron chi connectivity index (χ4n) is 3.83. The van der Waals surface area contributed by atoms with Crippen LogP contribution in [-0.2, 0) is 17.8 Å². The second-order valence-electron chi connectivity index (χ2n) is 7.83. The molecule has 0 aliphatic carbocycles. The SMILES string of the molecule is COCCOc1nc(N=NN)c2nc(O)n(Cc3cccc(CN4CCC(F)CC4)c3)c2n1. The van der Waals surface area contributed by atoms with Gasteiger partial charge in [0.1, 0.15) is 12.8 Å². The molecule has 4 rings (SSSR count). The van der Waals surface area contributed by atoms with Crippen molar-refractivity contribution >= 4 is 17.0 Å². The zero-order valence-corrected chi connectivity index (χ0v) is 18.4. The van der Waals surface area contributed by atoms with Crippen LogP contribution in [0.5, 0.6) is 12.0 Å². The fraction of sp³-hybridized carbons (Fsp3) is 0.476. The standard InChI is InChI=1S/C21H27FN8O3/c1-32-9-10-33-20-25-18(27-28-23)17-19(26-20)30(21(31)24-17)13-15-4-2-3-14(11-15)12-29-7-5-16(22)6-8-29/h2-4,11,16H,5-10,12-13H2,1H3,(H,24,31)(H2,23,25,26,27). The number of methoxy groups -OCH3 is 1. The van der Waals surface area contributed by atoms with Gasteiger partial charge in [0, 0.05) is 26.7 Å². The van der Waals surface area contributed by atoms with E-state index in [2.05, 4.69) is 36.3 Å². The summed E-state index contributed by atoms with van der Waals surface area (Å²) >= 11 is 0. The van der Waals surface area contributed by atoms with Gasteiger partial charge in [-0.2, -0.15) is 15.0 Å². The van der Waals surface area contributed by atoms with Crippen molar-refractivity contribution in [2.24, 2.45) is 16.2 Å². The molecule has 1 aromatic carbocycles. The average Bonchev–Trinajstić information content (AvgIpc) is 3.11. The number of nitrogens with two attached hydrogens (primary N) is 1. The molecule has 0 bridgehead atoms. The van der Waals surface area contributed by atoms with Crippen molar-refractivity contribution in [1.82, 2.24) is 24.4 Å². The van der Waals surface area contributed by atoms with Gasteiger partial charge in [0.2, 0.25) is 5.82 Å². The number of fused-ring (bicyclic) bond motifs is 1. The summed E-state index contributed by atoms with van der Waals surface area (Å²) in [5, 5.41) is 17.6. The first-order valence-electron chi connectivity index (χ1n) is 10.7. The largest absolute Gasteiger partial charge is 0.480 e. The number of halogens is 1. The minimum absolute atomic E-state index is 0.0492. The fourth-order valence-corrected chi connectivity index (χ4v) is 3.83. The predicted octanol–water partition coefficient (Wildman–Crippen LogP) is 2.50. The lowest BCUT2D eigenvalue weighted by molar-refractivity contribution is 0.141. The number of ether oxygens (including phenoxy) is 2. The van der Waals surface area contributed by atoms with Crippen molar-refractivity contribution in [1.29, 1.82) is 0 Å². The summed E-state index contributed by atoms with van der Waals surface area (Å²) < 4.78 is 25.5. The first-order chi connectivity index (χ1) is 16.1. The number of nitrogens with zero attached hydrogens (tertiary/aromatic N) is 7. The second-order valence-corrected chi connectivity index (χ2v) is 7.83. The lowest BCUT2D eigenvalue weighted by Crippen LogP contribution is -2.33. The molecule has 3 aromatic rings. The molecule has 1 saturated heterocycles. The molecule has 176 valence electrons. The maximum Gasteiger partial charge on any atom is 0.320 e. The number of hydrogen-bond donors (Lipinski definition) is 2. The number of aromatic hydroxyl groups is 1. The highest BCUT2D eigenvalue weighted by Crippen LogP contribution is 2.29. The Morgan fingerprint density at radius 3 is 2.64 bits per heavy atom. The van der Waals surface area contributed by atoms with Crippen LogP contribution in [0.15, 0.2) is 34.6 Å². The maximum absolute atomic E-state index is 13.4. The molecular weight excluding hydrogens is 431 g/mol. The highest BCUT2D eigenvalue weighted by molar-refractivity contribution is 5.82. The molecule has 0 atom stereocenters. The van der Waals surface area contributed by atoms with Gasteiger partial charge in [-0.05, 0) is 24.0 Å². The van der Waals surface area contributed by atoms with Gasteiger partial charge in [-0.1, -0.05) is 29.5 Å². The monoisotopic (exact) mass is 458 g/mol. The molecule has 0 unspecified atom stereocenters. The first kappa shape index (κ1) is 22.8. The van der Waals surface area contributed by atoms with Crippen LogP contribution in [0.25, 0.3) is 11.2 Å². The predicted molar refractivity (Wildman–Crippen MR) is 118 cm³/mol. The van der Waals surface area contributed by atoms with Crippen LogP contribution in [0.1, 0.15) is 24.0 Å². The van der Waals surface area contributed by atoms with Crippen molar-refractivity contribution < 1.29 is 19.0 Å². The summed E-state index contributed by atoms with van der Waals surface area (Å²) in [6.07, 6.45) is 0.455. The van der Waals surface area contributed by atoms with E-state index in [9.17, 15) is 9.50 Å². The van der Waals surface area contributed by atoms with Crippen molar-refractivity contribution in [3.63, 3.8) is 0 Å². The smallest absolute Gasteiger partial charge is 0.320 e. The quantitative estimate of drug-likeness (QED) is 0.216. The van der Waals surface area contributed by atoms with Crippen LogP contribution < -0.4 is 10.6 Å². The van der Waals surface area contributed by atoms with E-state index in [4.69, 9.17) is 15.3 Å². The molecule has 3 N–H and O–H groups in total. The number of piperidine rings is 1. The summed E-state index contributed by atoms with van der Waals surface area (Å²) in [6, 6.07) is 7.83. The third kappa shape index (κ3) is 5.52. The summed E-state index contributed by atoms with van der Waals surface area (Å²) in [7, 11) is 1.56. The Labute approximate surface area is 190 Å². The molecule has 3 heterocycles. The molecule has 0 amide bonds. The Hall–Kier alpha value is -3.38. The van der Waals surface area contributed by atoms with Crippen LogP contribution in [0.3, 0.4) is 0 Å². The third-order valence-electron chi connectivity index (χ3n) is 5.46. The first-order valence-corrected chi connectivity index (χ1v) is 10.7. The number of likely N-dealkylation sites (tertiary alicyclic amines) is 1. The number of benzene rings is 1. The summed E-state index contributed by atoms with van der Waals surface area (Å²) in [5.41, 5.74) is 2.66. The van der Waals surface area contributed by atoms with Crippen molar-refractivity contribution in [2.45, 2.75) is 32.1 Å². The highest BCUT2D eigenvalue weighted by atomic mass is 19.1. The zero-order valence-electron chi connectivity index (χ0n) is 18.4. The zero-order chi connectivity index (χ0) is 23.2. The number of rotatable bonds is 9. The van der Waals surface area contributed by atoms with Crippen LogP contribution >= 0.6 is 0 Å². The minimum atomic E-state index is -0.695. The molecule has 2 aromatic heterocycles. The molecule has 1 aliphatic rings. The van der Waals surface area contributed by atoms with Gasteiger partial charge >= 0.3 is 6.01 Å². The molecule has 0 saturated carbocycles. The number of aromatic nitrogens is 4. The molecule has 1 fully saturated rings. The van der Waals surface area contributed by atoms with Crippen LogP contribution in [0.2, 0.25) is 0 Å². The van der Waals surface area contributed by atoms with Gasteiger partial charge in [-0.3, -0.25) is 9.47 Å². The molecule has 11 nitrogen and oxygen atoms in total. The normalized spacial score (nSPS) is 15.6. The van der Waals surface area contributed by atoms with Gasteiger partial charge in [0.25, 0.3) is 6.01 Å². The van der Waals surface area contributed by atoms with E-state index >= 15 is 0 Å².